The van der Waals surface area contributed by atoms with E-state index in [1.807, 2.05) is 41.1 Å². The molecule has 0 saturated carbocycles. The molecule has 0 atom stereocenters. The summed E-state index contributed by atoms with van der Waals surface area (Å²) in [5.74, 6) is 0.123. The molecule has 0 spiro atoms. The molecule has 2 rings (SSSR count). The Kier molecular flexibility index (Phi) is 3.88. The Balaban J connectivity index is 2.20. The summed E-state index contributed by atoms with van der Waals surface area (Å²) in [6.45, 7) is 0.732. The van der Waals surface area contributed by atoms with Crippen molar-refractivity contribution in [3.63, 3.8) is 0 Å². The Morgan fingerprint density at radius 3 is 2.76 bits per heavy atom. The van der Waals surface area contributed by atoms with Crippen LogP contribution in [0.15, 0.2) is 48.9 Å². The van der Waals surface area contributed by atoms with Crippen LogP contribution in [-0.4, -0.2) is 16.5 Å². The number of hydrogen-bond acceptors (Lipinski definition) is 3. The minimum atomic E-state index is -0.0595. The quantitative estimate of drug-likeness (QED) is 0.503. The van der Waals surface area contributed by atoms with Crippen LogP contribution in [0.25, 0.3) is 0 Å². The summed E-state index contributed by atoms with van der Waals surface area (Å²) < 4.78 is 1.94. The van der Waals surface area contributed by atoms with Gasteiger partial charge in [-0.2, -0.15) is 17.2 Å². The lowest BCUT2D eigenvalue weighted by Gasteiger charge is -1.99. The normalized spacial score (nSPS) is 10.2. The van der Waals surface area contributed by atoms with E-state index >= 15 is 0 Å². The fraction of sp³-hybridized carbons (Fsp3) is 0.154. The van der Waals surface area contributed by atoms with Crippen molar-refractivity contribution in [3.8, 4) is 0 Å². The zero-order valence-corrected chi connectivity index (χ0v) is 10.2. The van der Waals surface area contributed by atoms with Gasteiger partial charge in [0.1, 0.15) is 0 Å². The van der Waals surface area contributed by atoms with Crippen LogP contribution in [-0.2, 0) is 6.54 Å². The fourth-order valence-electron chi connectivity index (χ4n) is 1.55. The lowest BCUT2D eigenvalue weighted by atomic mass is 10.2. The van der Waals surface area contributed by atoms with Gasteiger partial charge in [0.15, 0.2) is 30.4 Å². The smallest absolute Gasteiger partial charge is 0.198 e. The molecule has 86 valence electrons. The highest BCUT2D eigenvalue weighted by molar-refractivity contribution is 7.81. The van der Waals surface area contributed by atoms with Gasteiger partial charge < -0.3 is 0 Å². The number of nitrogens with zero attached hydrogens (tertiary/aromatic N) is 2. The molecule has 0 bridgehead atoms. The Morgan fingerprint density at radius 1 is 1.29 bits per heavy atom. The molecule has 1 heterocycles. The number of hydrogen-bond donors (Lipinski definition) is 1. The van der Waals surface area contributed by atoms with E-state index in [1.165, 1.54) is 5.56 Å². The third kappa shape index (κ3) is 3.14. The number of carbonyl (C=O) groups is 1. The second kappa shape index (κ2) is 5.59. The first-order valence-electron chi connectivity index (χ1n) is 5.32. The zero-order valence-electron chi connectivity index (χ0n) is 9.28. The summed E-state index contributed by atoms with van der Waals surface area (Å²) in [6, 6.07) is 10.1. The Labute approximate surface area is 106 Å². The molecule has 0 unspecified atom stereocenters. The van der Waals surface area contributed by atoms with Gasteiger partial charge in [-0.05, 0) is 0 Å². The number of thiol groups is 1. The number of Topliss-reactive ketones (excluding diaryl/α,β-unsaturated/α-hetero) is 1. The van der Waals surface area contributed by atoms with E-state index in [1.54, 1.807) is 12.4 Å². The first-order valence-corrected chi connectivity index (χ1v) is 5.96. The van der Waals surface area contributed by atoms with Gasteiger partial charge in [-0.3, -0.25) is 4.79 Å². The highest BCUT2D eigenvalue weighted by atomic mass is 32.1. The summed E-state index contributed by atoms with van der Waals surface area (Å²) >= 11 is 3.96. The largest absolute Gasteiger partial charge is 0.291 e. The van der Waals surface area contributed by atoms with E-state index in [0.717, 1.165) is 6.54 Å². The predicted molar refractivity (Wildman–Crippen MR) is 68.2 cm³/mol. The molecule has 0 N–H and O–H groups in total. The van der Waals surface area contributed by atoms with Gasteiger partial charge in [-0.15, -0.1) is 0 Å². The minimum Gasteiger partial charge on any atom is -0.291 e. The lowest BCUT2D eigenvalue weighted by molar-refractivity contribution is -0.689. The van der Waals surface area contributed by atoms with Gasteiger partial charge in [0.25, 0.3) is 0 Å². The molecule has 17 heavy (non-hydrogen) atoms. The average molecular weight is 245 g/mol. The molecule has 1 aromatic carbocycles. The number of ketones is 1. The molecule has 0 amide bonds. The van der Waals surface area contributed by atoms with Crippen molar-refractivity contribution in [1.29, 1.82) is 0 Å². The van der Waals surface area contributed by atoms with E-state index in [0.29, 0.717) is 5.69 Å². The summed E-state index contributed by atoms with van der Waals surface area (Å²) in [4.78, 5) is 15.5. The van der Waals surface area contributed by atoms with Gasteiger partial charge in [0, 0.05) is 5.56 Å². The van der Waals surface area contributed by atoms with Crippen LogP contribution in [0.5, 0.6) is 0 Å². The SMILES string of the molecule is O=C(CS)c1c[n+](Cc2ccccc2)ccn1. The molecule has 0 saturated heterocycles. The summed E-state index contributed by atoms with van der Waals surface area (Å²) in [5, 5.41) is 0. The van der Waals surface area contributed by atoms with Crippen molar-refractivity contribution in [1.82, 2.24) is 4.98 Å². The second-order valence-electron chi connectivity index (χ2n) is 3.68. The average Bonchev–Trinajstić information content (AvgIpc) is 2.39. The molecule has 2 aromatic rings. The monoisotopic (exact) mass is 245 g/mol. The number of aromatic nitrogens is 2. The van der Waals surface area contributed by atoms with Gasteiger partial charge in [0.05, 0.1) is 11.9 Å². The molecule has 0 aliphatic heterocycles. The maximum atomic E-state index is 11.5. The van der Waals surface area contributed by atoms with Crippen LogP contribution < -0.4 is 4.57 Å². The van der Waals surface area contributed by atoms with Crippen LogP contribution in [0.3, 0.4) is 0 Å². The van der Waals surface area contributed by atoms with Crippen LogP contribution in [0.2, 0.25) is 0 Å². The van der Waals surface area contributed by atoms with E-state index in [4.69, 9.17) is 0 Å². The second-order valence-corrected chi connectivity index (χ2v) is 4.00. The van der Waals surface area contributed by atoms with Gasteiger partial charge in [-0.25, -0.2) is 4.98 Å². The van der Waals surface area contributed by atoms with Gasteiger partial charge in [0.2, 0.25) is 0 Å². The topological polar surface area (TPSA) is 33.8 Å². The maximum Gasteiger partial charge on any atom is 0.198 e. The molecule has 4 heteroatoms. The third-order valence-corrected chi connectivity index (χ3v) is 2.68. The molecule has 0 aliphatic rings. The number of carbonyl (C=O) groups excluding carboxylic acids is 1. The van der Waals surface area contributed by atoms with Crippen LogP contribution >= 0.6 is 12.6 Å². The van der Waals surface area contributed by atoms with Crippen molar-refractivity contribution in [2.24, 2.45) is 0 Å². The molecule has 0 radical (unpaired) electrons. The van der Waals surface area contributed by atoms with Gasteiger partial charge >= 0.3 is 0 Å². The molecule has 3 nitrogen and oxygen atoms in total. The first-order chi connectivity index (χ1) is 8.29. The Bertz CT molecular complexity index is 514. The van der Waals surface area contributed by atoms with Crippen LogP contribution in [0.1, 0.15) is 16.1 Å². The highest BCUT2D eigenvalue weighted by Gasteiger charge is 2.10. The molecule has 0 aliphatic carbocycles. The molecular formula is C13H13N2OS+. The lowest BCUT2D eigenvalue weighted by Crippen LogP contribution is -2.35. The van der Waals surface area contributed by atoms with E-state index < -0.39 is 0 Å². The zero-order chi connectivity index (χ0) is 12.1. The molecular weight excluding hydrogens is 232 g/mol. The third-order valence-electron chi connectivity index (χ3n) is 2.40. The standard InChI is InChI=1S/C13H12N2OS/c16-13(10-17)12-9-15(7-6-14-12)8-11-4-2-1-3-5-11/h1-7,9H,8,10H2/p+1. The molecule has 1 aromatic heterocycles. The van der Waals surface area contributed by atoms with E-state index in [9.17, 15) is 4.79 Å². The van der Waals surface area contributed by atoms with Crippen LogP contribution in [0.4, 0.5) is 0 Å². The predicted octanol–water partition coefficient (Wildman–Crippen LogP) is 1.53. The summed E-state index contributed by atoms with van der Waals surface area (Å²) in [6.07, 6.45) is 5.24. The number of rotatable bonds is 4. The highest BCUT2D eigenvalue weighted by Crippen LogP contribution is 1.98. The van der Waals surface area contributed by atoms with E-state index in [2.05, 4.69) is 17.6 Å². The van der Waals surface area contributed by atoms with Crippen molar-refractivity contribution in [3.05, 3.63) is 60.2 Å². The first kappa shape index (κ1) is 11.8. The van der Waals surface area contributed by atoms with Crippen molar-refractivity contribution >= 4 is 18.4 Å². The van der Waals surface area contributed by atoms with Crippen molar-refractivity contribution in [2.75, 3.05) is 5.75 Å². The van der Waals surface area contributed by atoms with Crippen LogP contribution in [0, 0.1) is 0 Å². The summed E-state index contributed by atoms with van der Waals surface area (Å²) in [7, 11) is 0. The number of benzene rings is 1. The Hall–Kier alpha value is -1.68. The molecule has 0 fully saturated rings. The van der Waals surface area contributed by atoms with Gasteiger partial charge in [-0.1, -0.05) is 30.3 Å². The minimum absolute atomic E-state index is 0.0595. The van der Waals surface area contributed by atoms with Crippen molar-refractivity contribution in [2.45, 2.75) is 6.54 Å². The van der Waals surface area contributed by atoms with Crippen molar-refractivity contribution < 1.29 is 9.36 Å². The van der Waals surface area contributed by atoms with E-state index in [-0.39, 0.29) is 11.5 Å². The Morgan fingerprint density at radius 2 is 2.06 bits per heavy atom. The fourth-order valence-corrected chi connectivity index (χ4v) is 1.71. The maximum absolute atomic E-state index is 11.5. The summed E-state index contributed by atoms with van der Waals surface area (Å²) in [5.41, 5.74) is 1.64.